The highest BCUT2D eigenvalue weighted by Gasteiger charge is 2.21. The molecule has 0 aliphatic rings. The molecule has 1 unspecified atom stereocenters. The van der Waals surface area contributed by atoms with E-state index >= 15 is 0 Å². The molecule has 108 valence electrons. The molecule has 0 radical (unpaired) electrons. The first kappa shape index (κ1) is 17.0. The zero-order chi connectivity index (χ0) is 14.1. The van der Waals surface area contributed by atoms with Gasteiger partial charge in [0.15, 0.2) is 0 Å². The first-order valence-electron chi connectivity index (χ1n) is 7.54. The molecule has 0 bridgehead atoms. The predicted molar refractivity (Wildman–Crippen MR) is 91.3 cm³/mol. The fourth-order valence-electron chi connectivity index (χ4n) is 2.38. The second-order valence-electron chi connectivity index (χ2n) is 5.65. The Hall–Kier alpha value is -0.0900. The van der Waals surface area contributed by atoms with Crippen molar-refractivity contribution in [1.29, 1.82) is 0 Å². The fraction of sp³-hybridized carbons (Fsp3) is 0.647. The summed E-state index contributed by atoms with van der Waals surface area (Å²) in [7, 11) is 0. The molecule has 0 fully saturated rings. The van der Waals surface area contributed by atoms with Gasteiger partial charge in [-0.05, 0) is 53.6 Å². The minimum Gasteiger partial charge on any atom is -0.385 e. The van der Waals surface area contributed by atoms with Gasteiger partial charge < -0.3 is 5.11 Å². The Labute approximate surface area is 132 Å². The summed E-state index contributed by atoms with van der Waals surface area (Å²) in [6.45, 7) is 4.19. The molecule has 1 aromatic carbocycles. The highest BCUT2D eigenvalue weighted by molar-refractivity contribution is 14.1. The predicted octanol–water partition coefficient (Wildman–Crippen LogP) is 5.64. The molecule has 0 heterocycles. The minimum absolute atomic E-state index is 0.673. The Morgan fingerprint density at radius 1 is 0.947 bits per heavy atom. The van der Waals surface area contributed by atoms with E-state index in [1.54, 1.807) is 0 Å². The zero-order valence-corrected chi connectivity index (χ0v) is 14.4. The maximum Gasteiger partial charge on any atom is 0.0868 e. The Balaban J connectivity index is 2.25. The van der Waals surface area contributed by atoms with E-state index in [0.717, 1.165) is 18.4 Å². The van der Waals surface area contributed by atoms with E-state index < -0.39 is 5.60 Å². The molecule has 0 amide bonds. The summed E-state index contributed by atoms with van der Waals surface area (Å²) in [6, 6.07) is 8.22. The average molecular weight is 374 g/mol. The number of benzene rings is 1. The van der Waals surface area contributed by atoms with Crippen LogP contribution in [0.25, 0.3) is 0 Å². The third-order valence-corrected chi connectivity index (χ3v) is 4.45. The molecule has 0 aliphatic heterocycles. The van der Waals surface area contributed by atoms with Crippen LogP contribution < -0.4 is 0 Å². The van der Waals surface area contributed by atoms with Gasteiger partial charge in [-0.15, -0.1) is 0 Å². The van der Waals surface area contributed by atoms with Crippen LogP contribution >= 0.6 is 22.6 Å². The minimum atomic E-state index is -0.673. The molecule has 1 atom stereocenters. The lowest BCUT2D eigenvalue weighted by atomic mass is 9.90. The van der Waals surface area contributed by atoms with Gasteiger partial charge in [0, 0.05) is 3.57 Å². The van der Waals surface area contributed by atoms with Crippen molar-refractivity contribution < 1.29 is 5.11 Å². The molecule has 0 aromatic heterocycles. The Morgan fingerprint density at radius 2 is 1.47 bits per heavy atom. The van der Waals surface area contributed by atoms with Crippen molar-refractivity contribution in [2.45, 2.75) is 70.8 Å². The Morgan fingerprint density at radius 3 is 2.05 bits per heavy atom. The van der Waals surface area contributed by atoms with Crippen LogP contribution in [0.4, 0.5) is 0 Å². The zero-order valence-electron chi connectivity index (χ0n) is 12.3. The first-order valence-corrected chi connectivity index (χ1v) is 8.62. The molecule has 1 rings (SSSR count). The van der Waals surface area contributed by atoms with E-state index in [1.165, 1.54) is 42.1 Å². The Kier molecular flexibility index (Phi) is 8.00. The maximum absolute atomic E-state index is 10.5. The molecule has 1 nitrogen and oxygen atoms in total. The Bertz CT molecular complexity index is 343. The third-order valence-electron chi connectivity index (χ3n) is 3.73. The van der Waals surface area contributed by atoms with Crippen molar-refractivity contribution in [1.82, 2.24) is 0 Å². The molecular formula is C17H27IO. The van der Waals surface area contributed by atoms with E-state index in [2.05, 4.69) is 41.6 Å². The number of rotatable bonds is 9. The van der Waals surface area contributed by atoms with E-state index in [0.29, 0.717) is 0 Å². The number of halogens is 1. The molecule has 0 saturated heterocycles. The quantitative estimate of drug-likeness (QED) is 0.438. The monoisotopic (exact) mass is 374 g/mol. The van der Waals surface area contributed by atoms with Crippen LogP contribution in [0, 0.1) is 3.57 Å². The topological polar surface area (TPSA) is 20.2 Å². The second-order valence-corrected chi connectivity index (χ2v) is 6.90. The van der Waals surface area contributed by atoms with Crippen LogP contribution in [0.15, 0.2) is 24.3 Å². The van der Waals surface area contributed by atoms with Crippen LogP contribution in [0.3, 0.4) is 0 Å². The molecule has 1 aromatic rings. The molecule has 0 aliphatic carbocycles. The van der Waals surface area contributed by atoms with Crippen molar-refractivity contribution >= 4 is 22.6 Å². The van der Waals surface area contributed by atoms with E-state index in [9.17, 15) is 5.11 Å². The summed E-state index contributed by atoms with van der Waals surface area (Å²) in [4.78, 5) is 0. The fourth-order valence-corrected chi connectivity index (χ4v) is 2.74. The second kappa shape index (κ2) is 8.96. The molecule has 19 heavy (non-hydrogen) atoms. The van der Waals surface area contributed by atoms with Gasteiger partial charge in [-0.25, -0.2) is 0 Å². The summed E-state index contributed by atoms with van der Waals surface area (Å²) in [5, 5.41) is 10.5. The van der Waals surface area contributed by atoms with Crippen molar-refractivity contribution in [3.8, 4) is 0 Å². The third kappa shape index (κ3) is 6.75. The van der Waals surface area contributed by atoms with Gasteiger partial charge in [-0.1, -0.05) is 64.0 Å². The van der Waals surface area contributed by atoms with Crippen molar-refractivity contribution in [2.24, 2.45) is 0 Å². The highest BCUT2D eigenvalue weighted by atomic mass is 127. The maximum atomic E-state index is 10.5. The van der Waals surface area contributed by atoms with Crippen LogP contribution in [0.5, 0.6) is 0 Å². The molecule has 0 spiro atoms. The van der Waals surface area contributed by atoms with Crippen molar-refractivity contribution in [3.63, 3.8) is 0 Å². The molecule has 2 heteroatoms. The smallest absolute Gasteiger partial charge is 0.0868 e. The number of unbranched alkanes of at least 4 members (excludes halogenated alkanes) is 6. The van der Waals surface area contributed by atoms with Crippen LogP contribution in [-0.4, -0.2) is 5.11 Å². The summed E-state index contributed by atoms with van der Waals surface area (Å²) < 4.78 is 1.22. The van der Waals surface area contributed by atoms with Crippen LogP contribution in [-0.2, 0) is 5.60 Å². The average Bonchev–Trinajstić information content (AvgIpc) is 2.38. The van der Waals surface area contributed by atoms with Gasteiger partial charge in [-0.3, -0.25) is 0 Å². The van der Waals surface area contributed by atoms with Gasteiger partial charge in [0.05, 0.1) is 5.60 Å². The lowest BCUT2D eigenvalue weighted by molar-refractivity contribution is 0.0448. The summed E-state index contributed by atoms with van der Waals surface area (Å²) in [6.07, 6.45) is 9.91. The van der Waals surface area contributed by atoms with Crippen LogP contribution in [0.2, 0.25) is 0 Å². The van der Waals surface area contributed by atoms with E-state index in [4.69, 9.17) is 0 Å². The van der Waals surface area contributed by atoms with Crippen molar-refractivity contribution in [3.05, 3.63) is 33.4 Å². The lowest BCUT2D eigenvalue weighted by Crippen LogP contribution is -2.20. The largest absolute Gasteiger partial charge is 0.385 e. The van der Waals surface area contributed by atoms with Crippen molar-refractivity contribution in [2.75, 3.05) is 0 Å². The van der Waals surface area contributed by atoms with Crippen LogP contribution in [0.1, 0.15) is 70.8 Å². The lowest BCUT2D eigenvalue weighted by Gasteiger charge is -2.24. The van der Waals surface area contributed by atoms with Gasteiger partial charge in [0.25, 0.3) is 0 Å². The summed E-state index contributed by atoms with van der Waals surface area (Å²) in [5.41, 5.74) is 0.368. The highest BCUT2D eigenvalue weighted by Crippen LogP contribution is 2.27. The van der Waals surface area contributed by atoms with E-state index in [1.807, 2.05) is 19.1 Å². The van der Waals surface area contributed by atoms with Gasteiger partial charge in [0.2, 0.25) is 0 Å². The molecular weight excluding hydrogens is 347 g/mol. The molecule has 1 N–H and O–H groups in total. The standard InChI is InChI=1S/C17H27IO/c1-3-4-5-6-7-8-9-14-17(2,19)15-10-12-16(18)13-11-15/h10-13,19H,3-9,14H2,1-2H3. The van der Waals surface area contributed by atoms with Gasteiger partial charge in [0.1, 0.15) is 0 Å². The van der Waals surface area contributed by atoms with Gasteiger partial charge in [-0.2, -0.15) is 0 Å². The number of hydrogen-bond acceptors (Lipinski definition) is 1. The first-order chi connectivity index (χ1) is 9.06. The molecule has 0 saturated carbocycles. The van der Waals surface area contributed by atoms with Gasteiger partial charge >= 0.3 is 0 Å². The normalized spacial score (nSPS) is 14.3. The number of aliphatic hydroxyl groups is 1. The summed E-state index contributed by atoms with van der Waals surface area (Å²) >= 11 is 2.29. The SMILES string of the molecule is CCCCCCCCCC(C)(O)c1ccc(I)cc1. The summed E-state index contributed by atoms with van der Waals surface area (Å²) in [5.74, 6) is 0. The number of hydrogen-bond donors (Lipinski definition) is 1. The van der Waals surface area contributed by atoms with E-state index in [-0.39, 0.29) is 0 Å².